The summed E-state index contributed by atoms with van der Waals surface area (Å²) in [7, 11) is 0. The summed E-state index contributed by atoms with van der Waals surface area (Å²) in [6.07, 6.45) is 0. The molecule has 140 valence electrons. The molecule has 7 nitrogen and oxygen atoms in total. The van der Waals surface area contributed by atoms with Crippen molar-refractivity contribution in [2.45, 2.75) is 6.92 Å². The molecule has 0 atom stereocenters. The minimum absolute atomic E-state index is 0.0275. The summed E-state index contributed by atoms with van der Waals surface area (Å²) >= 11 is 0. The second-order valence-corrected chi connectivity index (χ2v) is 6.47. The molecule has 0 aromatic heterocycles. The normalized spacial score (nSPS) is 14.0. The van der Waals surface area contributed by atoms with Crippen LogP contribution in [0.4, 0.5) is 10.5 Å². The highest BCUT2D eigenvalue weighted by Gasteiger charge is 2.25. The summed E-state index contributed by atoms with van der Waals surface area (Å²) < 4.78 is 0. The smallest absolute Gasteiger partial charge is 0.321 e. The Labute approximate surface area is 157 Å². The monoisotopic (exact) mass is 366 g/mol. The van der Waals surface area contributed by atoms with Crippen molar-refractivity contribution >= 4 is 23.5 Å². The minimum atomic E-state index is -0.531. The van der Waals surface area contributed by atoms with Gasteiger partial charge in [-0.15, -0.1) is 0 Å². The maximum absolute atomic E-state index is 12.5. The lowest BCUT2D eigenvalue weighted by molar-refractivity contribution is 0.0671. The number of carbonyl (C=O) groups excluding carboxylic acids is 3. The number of benzene rings is 2. The van der Waals surface area contributed by atoms with E-state index in [1.54, 1.807) is 47.1 Å². The Morgan fingerprint density at radius 1 is 0.926 bits per heavy atom. The van der Waals surface area contributed by atoms with Crippen LogP contribution in [0, 0.1) is 6.92 Å². The summed E-state index contributed by atoms with van der Waals surface area (Å²) in [5.41, 5.74) is 7.65. The first-order valence-electron chi connectivity index (χ1n) is 8.76. The molecule has 0 radical (unpaired) electrons. The van der Waals surface area contributed by atoms with Gasteiger partial charge in [0.05, 0.1) is 0 Å². The number of hydrogen-bond acceptors (Lipinski definition) is 3. The van der Waals surface area contributed by atoms with E-state index in [1.807, 2.05) is 18.2 Å². The van der Waals surface area contributed by atoms with Crippen LogP contribution in [0.25, 0.3) is 0 Å². The van der Waals surface area contributed by atoms with Crippen molar-refractivity contribution < 1.29 is 14.4 Å². The highest BCUT2D eigenvalue weighted by molar-refractivity contribution is 5.97. The van der Waals surface area contributed by atoms with Crippen LogP contribution >= 0.6 is 0 Å². The number of nitrogens with two attached hydrogens (primary N) is 1. The third kappa shape index (κ3) is 4.25. The van der Waals surface area contributed by atoms with E-state index in [9.17, 15) is 14.4 Å². The topological polar surface area (TPSA) is 95.7 Å². The van der Waals surface area contributed by atoms with Gasteiger partial charge in [-0.05, 0) is 36.8 Å². The first-order chi connectivity index (χ1) is 13.0. The zero-order valence-electron chi connectivity index (χ0n) is 15.1. The number of hydrogen-bond donors (Lipinski definition) is 2. The molecular weight excluding hydrogens is 344 g/mol. The van der Waals surface area contributed by atoms with Gasteiger partial charge in [0.2, 0.25) is 5.91 Å². The third-order valence-corrected chi connectivity index (χ3v) is 4.63. The second-order valence-electron chi connectivity index (χ2n) is 6.47. The predicted octanol–water partition coefficient (Wildman–Crippen LogP) is 2.08. The summed E-state index contributed by atoms with van der Waals surface area (Å²) in [4.78, 5) is 39.8. The fourth-order valence-electron chi connectivity index (χ4n) is 3.04. The van der Waals surface area contributed by atoms with E-state index in [-0.39, 0.29) is 11.9 Å². The standard InChI is InChI=1S/C20H22N4O3/c1-14-7-8-16(13-17(14)18(21)25)22-20(27)24-11-9-23(10-12-24)19(26)15-5-3-2-4-6-15/h2-8,13H,9-12H2,1H3,(H2,21,25)(H,22,27). The summed E-state index contributed by atoms with van der Waals surface area (Å²) in [6.45, 7) is 3.62. The maximum atomic E-state index is 12.5. The van der Waals surface area contributed by atoms with Crippen molar-refractivity contribution in [3.8, 4) is 0 Å². The Balaban J connectivity index is 1.58. The van der Waals surface area contributed by atoms with Crippen molar-refractivity contribution in [1.82, 2.24) is 9.80 Å². The van der Waals surface area contributed by atoms with Crippen molar-refractivity contribution in [3.63, 3.8) is 0 Å². The molecule has 3 rings (SSSR count). The third-order valence-electron chi connectivity index (χ3n) is 4.63. The largest absolute Gasteiger partial charge is 0.366 e. The van der Waals surface area contributed by atoms with Crippen molar-refractivity contribution in [2.24, 2.45) is 5.73 Å². The maximum Gasteiger partial charge on any atom is 0.321 e. The first-order valence-corrected chi connectivity index (χ1v) is 8.76. The van der Waals surface area contributed by atoms with E-state index in [0.717, 1.165) is 5.56 Å². The number of primary amides is 1. The van der Waals surface area contributed by atoms with Crippen LogP contribution in [0.1, 0.15) is 26.3 Å². The molecule has 1 fully saturated rings. The Kier molecular flexibility index (Phi) is 5.40. The molecule has 7 heteroatoms. The summed E-state index contributed by atoms with van der Waals surface area (Å²) in [6, 6.07) is 13.9. The molecular formula is C20H22N4O3. The van der Waals surface area contributed by atoms with Crippen LogP contribution in [-0.4, -0.2) is 53.8 Å². The fourth-order valence-corrected chi connectivity index (χ4v) is 3.04. The lowest BCUT2D eigenvalue weighted by Gasteiger charge is -2.34. The average Bonchev–Trinajstić information content (AvgIpc) is 2.69. The molecule has 1 saturated heterocycles. The minimum Gasteiger partial charge on any atom is -0.366 e. The van der Waals surface area contributed by atoms with Gasteiger partial charge in [-0.2, -0.15) is 0 Å². The van der Waals surface area contributed by atoms with Crippen molar-refractivity contribution in [2.75, 3.05) is 31.5 Å². The number of nitrogens with one attached hydrogen (secondary N) is 1. The molecule has 2 aromatic rings. The Bertz CT molecular complexity index is 859. The van der Waals surface area contributed by atoms with Crippen LogP contribution in [0.15, 0.2) is 48.5 Å². The molecule has 0 spiro atoms. The number of anilines is 1. The zero-order chi connectivity index (χ0) is 19.4. The van der Waals surface area contributed by atoms with Crippen LogP contribution in [0.3, 0.4) is 0 Å². The summed E-state index contributed by atoms with van der Waals surface area (Å²) in [5, 5.41) is 2.79. The Hall–Kier alpha value is -3.35. The van der Waals surface area contributed by atoms with Crippen LogP contribution in [0.2, 0.25) is 0 Å². The van der Waals surface area contributed by atoms with Gasteiger partial charge in [-0.1, -0.05) is 24.3 Å². The van der Waals surface area contributed by atoms with E-state index in [4.69, 9.17) is 5.73 Å². The SMILES string of the molecule is Cc1ccc(NC(=O)N2CCN(C(=O)c3ccccc3)CC2)cc1C(N)=O. The fraction of sp³-hybridized carbons (Fsp3) is 0.250. The summed E-state index contributed by atoms with van der Waals surface area (Å²) in [5.74, 6) is -0.558. The van der Waals surface area contributed by atoms with Crippen LogP contribution < -0.4 is 11.1 Å². The molecule has 3 N–H and O–H groups in total. The van der Waals surface area contributed by atoms with Crippen molar-refractivity contribution in [1.29, 1.82) is 0 Å². The molecule has 1 aliphatic rings. The van der Waals surface area contributed by atoms with Crippen LogP contribution in [-0.2, 0) is 0 Å². The van der Waals surface area contributed by atoms with Gasteiger partial charge in [0.15, 0.2) is 0 Å². The quantitative estimate of drug-likeness (QED) is 0.870. The molecule has 0 unspecified atom stereocenters. The van der Waals surface area contributed by atoms with E-state index >= 15 is 0 Å². The number of urea groups is 1. The Morgan fingerprint density at radius 2 is 1.56 bits per heavy atom. The number of aryl methyl sites for hydroxylation is 1. The number of carbonyl (C=O) groups is 3. The van der Waals surface area contributed by atoms with E-state index in [2.05, 4.69) is 5.32 Å². The molecule has 0 aliphatic carbocycles. The first kappa shape index (κ1) is 18.4. The zero-order valence-corrected chi connectivity index (χ0v) is 15.1. The molecule has 1 aliphatic heterocycles. The molecule has 2 aromatic carbocycles. The van der Waals surface area contributed by atoms with Gasteiger partial charge < -0.3 is 20.9 Å². The molecule has 27 heavy (non-hydrogen) atoms. The lowest BCUT2D eigenvalue weighted by Crippen LogP contribution is -2.51. The predicted molar refractivity (Wildman–Crippen MR) is 103 cm³/mol. The van der Waals surface area contributed by atoms with E-state index < -0.39 is 5.91 Å². The molecule has 0 bridgehead atoms. The van der Waals surface area contributed by atoms with E-state index in [0.29, 0.717) is 43.0 Å². The Morgan fingerprint density at radius 3 is 2.19 bits per heavy atom. The molecule has 0 saturated carbocycles. The lowest BCUT2D eigenvalue weighted by atomic mass is 10.1. The highest BCUT2D eigenvalue weighted by atomic mass is 16.2. The number of nitrogens with zero attached hydrogens (tertiary/aromatic N) is 2. The second kappa shape index (κ2) is 7.90. The van der Waals surface area contributed by atoms with Gasteiger partial charge in [-0.3, -0.25) is 9.59 Å². The number of piperazine rings is 1. The molecule has 1 heterocycles. The number of rotatable bonds is 3. The van der Waals surface area contributed by atoms with Gasteiger partial charge in [0.1, 0.15) is 0 Å². The van der Waals surface area contributed by atoms with Crippen LogP contribution in [0.5, 0.6) is 0 Å². The van der Waals surface area contributed by atoms with Gasteiger partial charge in [0, 0.05) is 43.0 Å². The average molecular weight is 366 g/mol. The van der Waals surface area contributed by atoms with Gasteiger partial charge in [-0.25, -0.2) is 4.79 Å². The van der Waals surface area contributed by atoms with Crippen molar-refractivity contribution in [3.05, 3.63) is 65.2 Å². The van der Waals surface area contributed by atoms with Gasteiger partial charge >= 0.3 is 6.03 Å². The molecule has 4 amide bonds. The number of amides is 4. The van der Waals surface area contributed by atoms with E-state index in [1.165, 1.54) is 0 Å². The van der Waals surface area contributed by atoms with Gasteiger partial charge in [0.25, 0.3) is 5.91 Å². The highest BCUT2D eigenvalue weighted by Crippen LogP contribution is 2.16.